The van der Waals surface area contributed by atoms with Gasteiger partial charge < -0.3 is 0 Å². The van der Waals surface area contributed by atoms with E-state index in [-0.39, 0.29) is 5.24 Å². The van der Waals surface area contributed by atoms with Crippen molar-refractivity contribution in [1.82, 2.24) is 25.0 Å². The fourth-order valence-electron chi connectivity index (χ4n) is 2.63. The van der Waals surface area contributed by atoms with E-state index in [1.165, 1.54) is 4.90 Å². The fourth-order valence-corrected chi connectivity index (χ4v) is 3.29. The Labute approximate surface area is 154 Å². The molecule has 0 bridgehead atoms. The van der Waals surface area contributed by atoms with Gasteiger partial charge in [0, 0.05) is 13.2 Å². The molecule has 0 atom stereocenters. The number of rotatable bonds is 4. The van der Waals surface area contributed by atoms with Crippen molar-refractivity contribution < 1.29 is 4.79 Å². The van der Waals surface area contributed by atoms with Crippen LogP contribution >= 0.6 is 11.8 Å². The second-order valence-corrected chi connectivity index (χ2v) is 6.67. The highest BCUT2D eigenvalue weighted by molar-refractivity contribution is 8.13. The molecule has 0 fully saturated rings. The number of nitrogens with zero attached hydrogens (tertiary/aromatic N) is 5. The van der Waals surface area contributed by atoms with Crippen LogP contribution in [0.1, 0.15) is 5.56 Å². The summed E-state index contributed by atoms with van der Waals surface area (Å²) < 4.78 is 1.82. The molecule has 0 saturated carbocycles. The van der Waals surface area contributed by atoms with Crippen molar-refractivity contribution in [3.63, 3.8) is 0 Å². The largest absolute Gasteiger partial charge is 0.293 e. The van der Waals surface area contributed by atoms with Gasteiger partial charge in [0.05, 0.1) is 18.1 Å². The molecular weight excluding hydrogens is 348 g/mol. The first kappa shape index (κ1) is 16.3. The Morgan fingerprint density at radius 3 is 2.77 bits per heavy atom. The third kappa shape index (κ3) is 3.18. The van der Waals surface area contributed by atoms with E-state index in [0.29, 0.717) is 17.4 Å². The fraction of sp³-hybridized carbons (Fsp3) is 0.111. The van der Waals surface area contributed by atoms with Crippen LogP contribution in [-0.2, 0) is 6.54 Å². The van der Waals surface area contributed by atoms with Crippen LogP contribution in [0.2, 0.25) is 0 Å². The Bertz CT molecular complexity index is 1030. The number of H-pyrrole nitrogens is 1. The first-order valence-corrected chi connectivity index (χ1v) is 8.84. The number of amides is 1. The van der Waals surface area contributed by atoms with E-state index >= 15 is 0 Å². The number of hydrogen-bond acceptors (Lipinski definition) is 5. The van der Waals surface area contributed by atoms with Crippen molar-refractivity contribution in [3.05, 3.63) is 66.5 Å². The van der Waals surface area contributed by atoms with Gasteiger partial charge in [0.2, 0.25) is 0 Å². The first-order chi connectivity index (χ1) is 12.7. The molecule has 0 unspecified atom stereocenters. The number of hydrogen-bond donors (Lipinski definition) is 1. The van der Waals surface area contributed by atoms with Crippen LogP contribution in [0.5, 0.6) is 0 Å². The van der Waals surface area contributed by atoms with Crippen molar-refractivity contribution in [2.75, 3.05) is 11.9 Å². The number of carbonyl (C=O) groups is 1. The molecule has 0 aliphatic heterocycles. The predicted molar refractivity (Wildman–Crippen MR) is 101 cm³/mol. The molecule has 4 rings (SSSR count). The number of benzene rings is 1. The summed E-state index contributed by atoms with van der Waals surface area (Å²) in [5, 5.41) is 13.0. The summed E-state index contributed by atoms with van der Waals surface area (Å²) in [6, 6.07) is 15.5. The summed E-state index contributed by atoms with van der Waals surface area (Å²) in [5.41, 5.74) is 1.90. The molecule has 3 aromatic heterocycles. The maximum absolute atomic E-state index is 12.6. The van der Waals surface area contributed by atoms with Crippen molar-refractivity contribution in [3.8, 4) is 0 Å². The molecular formula is C18H16N6OS. The van der Waals surface area contributed by atoms with E-state index < -0.39 is 0 Å². The average Bonchev–Trinajstić information content (AvgIpc) is 3.27. The van der Waals surface area contributed by atoms with Crippen LogP contribution in [0, 0.1) is 0 Å². The van der Waals surface area contributed by atoms with Crippen LogP contribution in [-0.4, -0.2) is 37.2 Å². The van der Waals surface area contributed by atoms with Crippen LogP contribution < -0.4 is 4.90 Å². The molecule has 3 heterocycles. The van der Waals surface area contributed by atoms with Gasteiger partial charge in [-0.15, -0.1) is 0 Å². The van der Waals surface area contributed by atoms with Crippen molar-refractivity contribution in [2.45, 2.75) is 11.6 Å². The maximum atomic E-state index is 12.6. The third-order valence-corrected chi connectivity index (χ3v) is 4.83. The summed E-state index contributed by atoms with van der Waals surface area (Å²) in [5.74, 6) is 0.568. The van der Waals surface area contributed by atoms with E-state index in [9.17, 15) is 4.79 Å². The van der Waals surface area contributed by atoms with Gasteiger partial charge in [-0.2, -0.15) is 10.2 Å². The molecule has 0 aliphatic rings. The Balaban J connectivity index is 1.62. The van der Waals surface area contributed by atoms with Gasteiger partial charge in [-0.3, -0.25) is 14.8 Å². The topological polar surface area (TPSA) is 79.7 Å². The Kier molecular flexibility index (Phi) is 4.40. The molecule has 1 amide bonds. The lowest BCUT2D eigenvalue weighted by molar-refractivity contribution is 0.266. The minimum Gasteiger partial charge on any atom is -0.288 e. The summed E-state index contributed by atoms with van der Waals surface area (Å²) in [6.07, 6.45) is 3.35. The zero-order valence-electron chi connectivity index (χ0n) is 14.0. The number of anilines is 1. The number of fused-ring (bicyclic) bond motifs is 1. The van der Waals surface area contributed by atoms with Crippen molar-refractivity contribution >= 4 is 33.9 Å². The molecule has 1 aromatic carbocycles. The van der Waals surface area contributed by atoms with Gasteiger partial charge in [-0.25, -0.2) is 9.67 Å². The van der Waals surface area contributed by atoms with Gasteiger partial charge >= 0.3 is 0 Å². The number of aromatic nitrogens is 5. The van der Waals surface area contributed by atoms with Gasteiger partial charge in [0.15, 0.2) is 11.5 Å². The normalized spacial score (nSPS) is 11.0. The van der Waals surface area contributed by atoms with Gasteiger partial charge in [-0.05, 0) is 29.5 Å². The molecule has 0 aliphatic carbocycles. The van der Waals surface area contributed by atoms with Crippen LogP contribution in [0.15, 0.2) is 66.0 Å². The standard InChI is InChI=1S/C18H16N6OS/c1-23(18(25)26-15-9-5-6-10-19-15)17-14-11-20-21-16(14)24(22-17)12-13-7-3-2-4-8-13/h2-11H,12H2,1H3,(H,20,21). The Morgan fingerprint density at radius 2 is 2.00 bits per heavy atom. The zero-order chi connectivity index (χ0) is 17.9. The highest BCUT2D eigenvalue weighted by Gasteiger charge is 2.21. The molecule has 7 nitrogen and oxygen atoms in total. The molecule has 130 valence electrons. The zero-order valence-corrected chi connectivity index (χ0v) is 14.8. The van der Waals surface area contributed by atoms with Gasteiger partial charge in [-0.1, -0.05) is 36.4 Å². The monoisotopic (exact) mass is 364 g/mol. The number of pyridine rings is 1. The minimum absolute atomic E-state index is 0.156. The second kappa shape index (κ2) is 7.01. The molecule has 0 radical (unpaired) electrons. The quantitative estimate of drug-likeness (QED) is 0.560. The minimum atomic E-state index is -0.156. The lowest BCUT2D eigenvalue weighted by Gasteiger charge is -2.13. The number of carbonyl (C=O) groups excluding carboxylic acids is 1. The van der Waals surface area contributed by atoms with E-state index in [2.05, 4.69) is 20.3 Å². The molecule has 0 spiro atoms. The van der Waals surface area contributed by atoms with Crippen LogP contribution in [0.25, 0.3) is 11.0 Å². The van der Waals surface area contributed by atoms with E-state index in [1.807, 2.05) is 47.1 Å². The highest BCUT2D eigenvalue weighted by atomic mass is 32.2. The molecule has 0 saturated heterocycles. The Hall–Kier alpha value is -3.13. The van der Waals surface area contributed by atoms with Crippen molar-refractivity contribution in [2.24, 2.45) is 0 Å². The smallest absolute Gasteiger partial charge is 0.288 e. The maximum Gasteiger partial charge on any atom is 0.293 e. The Morgan fingerprint density at radius 1 is 1.19 bits per heavy atom. The van der Waals surface area contributed by atoms with E-state index in [0.717, 1.165) is 28.4 Å². The average molecular weight is 364 g/mol. The van der Waals surface area contributed by atoms with Crippen LogP contribution in [0.3, 0.4) is 0 Å². The lowest BCUT2D eigenvalue weighted by Crippen LogP contribution is -2.22. The first-order valence-electron chi connectivity index (χ1n) is 8.03. The lowest BCUT2D eigenvalue weighted by atomic mass is 10.2. The third-order valence-electron chi connectivity index (χ3n) is 3.93. The number of nitrogens with one attached hydrogen (secondary N) is 1. The second-order valence-electron chi connectivity index (χ2n) is 5.69. The number of thioether (sulfide) groups is 1. The summed E-state index contributed by atoms with van der Waals surface area (Å²) in [4.78, 5) is 18.3. The van der Waals surface area contributed by atoms with Gasteiger partial charge in [0.1, 0.15) is 5.03 Å². The molecule has 8 heteroatoms. The number of aromatic amines is 1. The predicted octanol–water partition coefficient (Wildman–Crippen LogP) is 3.55. The summed E-state index contributed by atoms with van der Waals surface area (Å²) >= 11 is 1.07. The SMILES string of the molecule is CN(C(=O)Sc1ccccn1)c1nn(Cc2ccccc2)c2[nH]ncc12. The van der Waals surface area contributed by atoms with Crippen molar-refractivity contribution in [1.29, 1.82) is 0 Å². The van der Waals surface area contributed by atoms with Gasteiger partial charge in [0.25, 0.3) is 5.24 Å². The summed E-state index contributed by atoms with van der Waals surface area (Å²) in [7, 11) is 1.71. The summed E-state index contributed by atoms with van der Waals surface area (Å²) in [6.45, 7) is 0.592. The van der Waals surface area contributed by atoms with E-state index in [1.54, 1.807) is 25.5 Å². The molecule has 4 aromatic rings. The molecule has 26 heavy (non-hydrogen) atoms. The highest BCUT2D eigenvalue weighted by Crippen LogP contribution is 2.28. The van der Waals surface area contributed by atoms with Crippen LogP contribution in [0.4, 0.5) is 10.6 Å². The van der Waals surface area contributed by atoms with E-state index in [4.69, 9.17) is 0 Å². The molecule has 1 N–H and O–H groups in total.